The minimum absolute atomic E-state index is 0.274. The molecule has 0 saturated carbocycles. The van der Waals surface area contributed by atoms with Gasteiger partial charge in [0.15, 0.2) is 0 Å². The van der Waals surface area contributed by atoms with E-state index in [9.17, 15) is 4.79 Å². The van der Waals surface area contributed by atoms with Crippen LogP contribution < -0.4 is 5.56 Å². The first-order valence-corrected chi connectivity index (χ1v) is 5.42. The Morgan fingerprint density at radius 3 is 2.59 bits per heavy atom. The highest BCUT2D eigenvalue weighted by Gasteiger charge is 2.02. The summed E-state index contributed by atoms with van der Waals surface area (Å²) < 4.78 is 0. The lowest BCUT2D eigenvalue weighted by Gasteiger charge is -2.02. The monoisotopic (exact) mass is 230 g/mol. The van der Waals surface area contributed by atoms with Gasteiger partial charge in [0.25, 0.3) is 5.56 Å². The maximum Gasteiger partial charge on any atom is 0.256 e. The van der Waals surface area contributed by atoms with Crippen LogP contribution in [-0.2, 0) is 13.0 Å². The number of aryl methyl sites for hydroxylation is 1. The summed E-state index contributed by atoms with van der Waals surface area (Å²) in [5.74, 6) is 0.607. The number of rotatable bonds is 3. The molecule has 0 spiro atoms. The third-order valence-corrected chi connectivity index (χ3v) is 2.59. The number of nitrogens with zero attached hydrogens (tertiary/aromatic N) is 1. The van der Waals surface area contributed by atoms with Gasteiger partial charge in [-0.25, -0.2) is 4.98 Å². The Balaban J connectivity index is 2.22. The van der Waals surface area contributed by atoms with Crippen LogP contribution in [0.3, 0.4) is 0 Å². The summed E-state index contributed by atoms with van der Waals surface area (Å²) in [5.41, 5.74) is 2.31. The number of benzene rings is 1. The van der Waals surface area contributed by atoms with Gasteiger partial charge in [0.2, 0.25) is 0 Å². The van der Waals surface area contributed by atoms with Crippen molar-refractivity contribution in [2.75, 3.05) is 0 Å². The molecule has 1 aromatic heterocycles. The van der Waals surface area contributed by atoms with Gasteiger partial charge in [0, 0.05) is 12.6 Å². The van der Waals surface area contributed by atoms with Gasteiger partial charge in [-0.2, -0.15) is 0 Å². The van der Waals surface area contributed by atoms with Crippen molar-refractivity contribution >= 4 is 0 Å². The van der Waals surface area contributed by atoms with Crippen LogP contribution in [0, 0.1) is 6.92 Å². The normalized spacial score (nSPS) is 10.5. The molecule has 17 heavy (non-hydrogen) atoms. The zero-order valence-corrected chi connectivity index (χ0v) is 9.60. The molecule has 2 rings (SSSR count). The molecule has 0 bridgehead atoms. The molecule has 2 N–H and O–H groups in total. The lowest BCUT2D eigenvalue weighted by molar-refractivity contribution is 0.279. The van der Waals surface area contributed by atoms with Gasteiger partial charge in [-0.15, -0.1) is 0 Å². The lowest BCUT2D eigenvalue weighted by atomic mass is 10.1. The summed E-state index contributed by atoms with van der Waals surface area (Å²) in [6, 6.07) is 8.07. The predicted molar refractivity (Wildman–Crippen MR) is 64.8 cm³/mol. The second-order valence-corrected chi connectivity index (χ2v) is 4.00. The average molecular weight is 230 g/mol. The van der Waals surface area contributed by atoms with E-state index in [1.54, 1.807) is 0 Å². The van der Waals surface area contributed by atoms with Crippen molar-refractivity contribution in [1.82, 2.24) is 9.97 Å². The number of aromatic nitrogens is 2. The van der Waals surface area contributed by atoms with E-state index in [1.807, 2.05) is 31.2 Å². The zero-order chi connectivity index (χ0) is 12.3. The Morgan fingerprint density at radius 1 is 1.29 bits per heavy atom. The van der Waals surface area contributed by atoms with Crippen LogP contribution in [0.5, 0.6) is 0 Å². The highest BCUT2D eigenvalue weighted by molar-refractivity contribution is 5.24. The van der Waals surface area contributed by atoms with Crippen molar-refractivity contribution < 1.29 is 5.11 Å². The fourth-order valence-electron chi connectivity index (χ4n) is 1.56. The summed E-state index contributed by atoms with van der Waals surface area (Å²) in [5, 5.41) is 8.87. The van der Waals surface area contributed by atoms with Gasteiger partial charge in [0.05, 0.1) is 12.2 Å². The molecule has 0 atom stereocenters. The van der Waals surface area contributed by atoms with Gasteiger partial charge in [0.1, 0.15) is 5.82 Å². The fraction of sp³-hybridized carbons (Fsp3) is 0.231. The van der Waals surface area contributed by atoms with Crippen LogP contribution in [0.1, 0.15) is 22.5 Å². The molecule has 0 aliphatic heterocycles. The average Bonchev–Trinajstić information content (AvgIpc) is 2.32. The Hall–Kier alpha value is -1.94. The van der Waals surface area contributed by atoms with Crippen LogP contribution in [0.15, 0.2) is 35.3 Å². The van der Waals surface area contributed by atoms with Crippen LogP contribution >= 0.6 is 0 Å². The van der Waals surface area contributed by atoms with Crippen molar-refractivity contribution in [1.29, 1.82) is 0 Å². The van der Waals surface area contributed by atoms with Gasteiger partial charge in [-0.3, -0.25) is 4.79 Å². The molecule has 0 aliphatic carbocycles. The van der Waals surface area contributed by atoms with E-state index in [1.165, 1.54) is 11.8 Å². The molecule has 0 radical (unpaired) electrons. The molecule has 4 nitrogen and oxygen atoms in total. The first kappa shape index (κ1) is 11.5. The van der Waals surface area contributed by atoms with E-state index in [2.05, 4.69) is 9.97 Å². The molecular weight excluding hydrogens is 216 g/mol. The topological polar surface area (TPSA) is 66.0 Å². The van der Waals surface area contributed by atoms with Crippen molar-refractivity contribution in [3.63, 3.8) is 0 Å². The second kappa shape index (κ2) is 4.93. The molecule has 0 fully saturated rings. The van der Waals surface area contributed by atoms with E-state index in [4.69, 9.17) is 5.11 Å². The Kier molecular flexibility index (Phi) is 3.35. The number of hydrogen-bond acceptors (Lipinski definition) is 3. The number of nitrogens with one attached hydrogen (secondary N) is 1. The molecule has 0 saturated heterocycles. The zero-order valence-electron chi connectivity index (χ0n) is 9.60. The van der Waals surface area contributed by atoms with Crippen LogP contribution in [0.25, 0.3) is 0 Å². The van der Waals surface area contributed by atoms with Crippen LogP contribution in [0.2, 0.25) is 0 Å². The Bertz CT molecular complexity index is 558. The van der Waals surface area contributed by atoms with Gasteiger partial charge < -0.3 is 10.1 Å². The third kappa shape index (κ3) is 2.79. The number of aliphatic hydroxyl groups is 1. The Morgan fingerprint density at radius 2 is 2.00 bits per heavy atom. The van der Waals surface area contributed by atoms with E-state index >= 15 is 0 Å². The minimum atomic E-state index is -0.285. The van der Waals surface area contributed by atoms with E-state index in [-0.39, 0.29) is 17.7 Å². The highest BCUT2D eigenvalue weighted by Crippen LogP contribution is 2.06. The van der Waals surface area contributed by atoms with Crippen LogP contribution in [0.4, 0.5) is 0 Å². The maximum atomic E-state index is 11.5. The maximum absolute atomic E-state index is 11.5. The van der Waals surface area contributed by atoms with E-state index < -0.39 is 0 Å². The summed E-state index contributed by atoms with van der Waals surface area (Å²) in [6.45, 7) is 1.74. The highest BCUT2D eigenvalue weighted by atomic mass is 16.3. The van der Waals surface area contributed by atoms with E-state index in [0.29, 0.717) is 12.2 Å². The Labute approximate surface area is 99.0 Å². The first-order valence-electron chi connectivity index (χ1n) is 5.42. The molecule has 0 unspecified atom stereocenters. The summed E-state index contributed by atoms with van der Waals surface area (Å²) in [6.07, 6.45) is 2.00. The van der Waals surface area contributed by atoms with Crippen molar-refractivity contribution in [3.8, 4) is 0 Å². The van der Waals surface area contributed by atoms with Crippen LogP contribution in [-0.4, -0.2) is 15.1 Å². The van der Waals surface area contributed by atoms with Crippen molar-refractivity contribution in [3.05, 3.63) is 63.3 Å². The standard InChI is InChI=1S/C13H14N2O2/c1-9-2-4-10(5-3-9)6-12-14-7-11(8-16)13(17)15-12/h2-5,7,16H,6,8H2,1H3,(H,14,15,17). The van der Waals surface area contributed by atoms with Gasteiger partial charge in [-0.05, 0) is 12.5 Å². The number of hydrogen-bond donors (Lipinski definition) is 2. The van der Waals surface area contributed by atoms with Gasteiger partial charge in [-0.1, -0.05) is 29.8 Å². The molecule has 0 aliphatic rings. The second-order valence-electron chi connectivity index (χ2n) is 4.00. The lowest BCUT2D eigenvalue weighted by Crippen LogP contribution is -2.16. The SMILES string of the molecule is Cc1ccc(Cc2ncc(CO)c(=O)[nH]2)cc1. The van der Waals surface area contributed by atoms with Crippen molar-refractivity contribution in [2.24, 2.45) is 0 Å². The summed E-state index contributed by atoms with van der Waals surface area (Å²) in [4.78, 5) is 18.2. The number of aromatic amines is 1. The minimum Gasteiger partial charge on any atom is -0.391 e. The molecule has 1 heterocycles. The molecule has 88 valence electrons. The quantitative estimate of drug-likeness (QED) is 0.831. The predicted octanol–water partition coefficient (Wildman–Crippen LogP) is 1.16. The van der Waals surface area contributed by atoms with Crippen molar-refractivity contribution in [2.45, 2.75) is 20.0 Å². The third-order valence-electron chi connectivity index (χ3n) is 2.59. The smallest absolute Gasteiger partial charge is 0.256 e. The molecule has 0 amide bonds. The fourth-order valence-corrected chi connectivity index (χ4v) is 1.56. The van der Waals surface area contributed by atoms with E-state index in [0.717, 1.165) is 5.56 Å². The molecule has 4 heteroatoms. The molecular formula is C13H14N2O2. The molecule has 2 aromatic rings. The largest absolute Gasteiger partial charge is 0.391 e. The number of H-pyrrole nitrogens is 1. The molecule has 1 aromatic carbocycles. The summed E-state index contributed by atoms with van der Waals surface area (Å²) in [7, 11) is 0. The summed E-state index contributed by atoms with van der Waals surface area (Å²) >= 11 is 0. The first-order chi connectivity index (χ1) is 8.19. The van der Waals surface area contributed by atoms with Gasteiger partial charge >= 0.3 is 0 Å². The number of aliphatic hydroxyl groups excluding tert-OH is 1.